The second kappa shape index (κ2) is 8.02. The zero-order valence-corrected chi connectivity index (χ0v) is 16.6. The van der Waals surface area contributed by atoms with Gasteiger partial charge in [-0.2, -0.15) is 0 Å². The van der Waals surface area contributed by atoms with Gasteiger partial charge in [0.1, 0.15) is 13.2 Å². The van der Waals surface area contributed by atoms with E-state index in [0.717, 1.165) is 0 Å². The molecule has 0 atom stereocenters. The summed E-state index contributed by atoms with van der Waals surface area (Å²) in [5.41, 5.74) is 1.13. The van der Waals surface area contributed by atoms with Crippen LogP contribution in [-0.2, 0) is 0 Å². The van der Waals surface area contributed by atoms with Gasteiger partial charge in [-0.1, -0.05) is 23.2 Å². The molecule has 0 spiro atoms. The van der Waals surface area contributed by atoms with E-state index in [1.54, 1.807) is 41.3 Å². The van der Waals surface area contributed by atoms with Crippen LogP contribution < -0.4 is 9.47 Å². The number of fused-ring (bicyclic) bond motifs is 1. The lowest BCUT2D eigenvalue weighted by molar-refractivity contribution is 0.0650. The number of piperidine rings is 1. The number of hydrogen-bond donors (Lipinski definition) is 0. The average Bonchev–Trinajstić information content (AvgIpc) is 2.74. The molecule has 0 radical (unpaired) electrons. The molecule has 28 heavy (non-hydrogen) atoms. The molecule has 4 rings (SSSR count). The van der Waals surface area contributed by atoms with E-state index in [0.29, 0.717) is 71.8 Å². The topological polar surface area (TPSA) is 55.8 Å². The number of hydrogen-bond acceptors (Lipinski definition) is 4. The number of amides is 1. The van der Waals surface area contributed by atoms with Gasteiger partial charge >= 0.3 is 0 Å². The second-order valence-electron chi connectivity index (χ2n) is 6.92. The maximum absolute atomic E-state index is 12.9. The molecular weight excluding hydrogens is 401 g/mol. The van der Waals surface area contributed by atoms with Gasteiger partial charge in [0.2, 0.25) is 0 Å². The third kappa shape index (κ3) is 3.82. The summed E-state index contributed by atoms with van der Waals surface area (Å²) in [4.78, 5) is 27.3. The maximum atomic E-state index is 12.9. The van der Waals surface area contributed by atoms with Gasteiger partial charge in [0.25, 0.3) is 5.91 Å². The molecule has 146 valence electrons. The fourth-order valence-electron chi connectivity index (χ4n) is 3.59. The van der Waals surface area contributed by atoms with Crippen molar-refractivity contribution in [2.75, 3.05) is 26.3 Å². The molecule has 2 aliphatic heterocycles. The van der Waals surface area contributed by atoms with Crippen molar-refractivity contribution in [3.05, 3.63) is 57.6 Å². The van der Waals surface area contributed by atoms with Crippen LogP contribution in [0.5, 0.6) is 11.5 Å². The summed E-state index contributed by atoms with van der Waals surface area (Å²) < 4.78 is 11.1. The van der Waals surface area contributed by atoms with Crippen LogP contribution in [0.2, 0.25) is 10.0 Å². The normalized spacial score (nSPS) is 16.7. The molecule has 1 saturated heterocycles. The molecule has 2 aromatic carbocycles. The van der Waals surface area contributed by atoms with Gasteiger partial charge in [0, 0.05) is 30.1 Å². The van der Waals surface area contributed by atoms with Crippen LogP contribution in [0.1, 0.15) is 33.6 Å². The van der Waals surface area contributed by atoms with E-state index in [9.17, 15) is 9.59 Å². The standard InChI is InChI=1S/C21H19Cl2NO4/c22-16-3-1-15(11-17(16)23)21(26)24-7-5-13(6-8-24)20(25)14-2-4-18-19(12-14)28-10-9-27-18/h1-4,11-13H,5-10H2. The van der Waals surface area contributed by atoms with Crippen molar-refractivity contribution in [2.45, 2.75) is 12.8 Å². The molecule has 0 bridgehead atoms. The molecule has 0 aromatic heterocycles. The monoisotopic (exact) mass is 419 g/mol. The van der Waals surface area contributed by atoms with Gasteiger partial charge in [-0.15, -0.1) is 0 Å². The minimum atomic E-state index is -0.111. The van der Waals surface area contributed by atoms with Crippen LogP contribution in [0.3, 0.4) is 0 Å². The summed E-state index contributed by atoms with van der Waals surface area (Å²) in [5.74, 6) is 1.16. The van der Waals surface area contributed by atoms with Crippen molar-refractivity contribution >= 4 is 34.9 Å². The molecular formula is C21H19Cl2NO4. The van der Waals surface area contributed by atoms with Crippen molar-refractivity contribution in [1.29, 1.82) is 0 Å². The Morgan fingerprint density at radius 1 is 0.857 bits per heavy atom. The minimum absolute atomic E-state index is 0.0820. The summed E-state index contributed by atoms with van der Waals surface area (Å²) in [6.45, 7) is 2.06. The van der Waals surface area contributed by atoms with Gasteiger partial charge < -0.3 is 14.4 Å². The smallest absolute Gasteiger partial charge is 0.253 e. The second-order valence-corrected chi connectivity index (χ2v) is 7.73. The molecule has 2 heterocycles. The largest absolute Gasteiger partial charge is 0.486 e. The number of likely N-dealkylation sites (tertiary alicyclic amines) is 1. The summed E-state index contributed by atoms with van der Waals surface area (Å²) >= 11 is 11.9. The minimum Gasteiger partial charge on any atom is -0.486 e. The number of nitrogens with zero attached hydrogens (tertiary/aromatic N) is 1. The summed E-state index contributed by atoms with van der Waals surface area (Å²) in [7, 11) is 0. The van der Waals surface area contributed by atoms with Gasteiger partial charge in [0.05, 0.1) is 10.0 Å². The molecule has 2 aliphatic rings. The van der Waals surface area contributed by atoms with E-state index in [-0.39, 0.29) is 17.6 Å². The maximum Gasteiger partial charge on any atom is 0.253 e. The van der Waals surface area contributed by atoms with E-state index >= 15 is 0 Å². The van der Waals surface area contributed by atoms with Crippen LogP contribution in [0.15, 0.2) is 36.4 Å². The van der Waals surface area contributed by atoms with Crippen LogP contribution in [0.4, 0.5) is 0 Å². The predicted octanol–water partition coefficient (Wildman–Crippen LogP) is 4.50. The molecule has 0 aliphatic carbocycles. The van der Waals surface area contributed by atoms with Crippen molar-refractivity contribution in [1.82, 2.24) is 4.90 Å². The number of ketones is 1. The molecule has 7 heteroatoms. The van der Waals surface area contributed by atoms with Crippen molar-refractivity contribution < 1.29 is 19.1 Å². The van der Waals surface area contributed by atoms with E-state index in [1.165, 1.54) is 0 Å². The average molecular weight is 420 g/mol. The Balaban J connectivity index is 1.40. The van der Waals surface area contributed by atoms with Crippen molar-refractivity contribution in [2.24, 2.45) is 5.92 Å². The van der Waals surface area contributed by atoms with Crippen LogP contribution in [0, 0.1) is 5.92 Å². The Bertz CT molecular complexity index is 923. The first-order valence-corrected chi connectivity index (χ1v) is 9.97. The number of halogens is 2. The number of Topliss-reactive ketones (excluding diaryl/α,β-unsaturated/α-hetero) is 1. The zero-order valence-electron chi connectivity index (χ0n) is 15.1. The SMILES string of the molecule is O=C(c1ccc2c(c1)OCCO2)C1CCN(C(=O)c2ccc(Cl)c(Cl)c2)CC1. The molecule has 0 N–H and O–H groups in total. The van der Waals surface area contributed by atoms with E-state index in [2.05, 4.69) is 0 Å². The highest BCUT2D eigenvalue weighted by atomic mass is 35.5. The number of benzene rings is 2. The van der Waals surface area contributed by atoms with Crippen LogP contribution in [-0.4, -0.2) is 42.9 Å². The highest BCUT2D eigenvalue weighted by molar-refractivity contribution is 6.42. The summed E-state index contributed by atoms with van der Waals surface area (Å²) in [6.07, 6.45) is 1.25. The van der Waals surface area contributed by atoms with E-state index in [1.807, 2.05) is 0 Å². The first kappa shape index (κ1) is 19.1. The van der Waals surface area contributed by atoms with Crippen molar-refractivity contribution in [3.8, 4) is 11.5 Å². The number of rotatable bonds is 3. The summed E-state index contributed by atoms with van der Waals surface area (Å²) in [6, 6.07) is 10.2. The molecule has 2 aromatic rings. The lowest BCUT2D eigenvalue weighted by Crippen LogP contribution is -2.40. The molecule has 1 fully saturated rings. The Morgan fingerprint density at radius 2 is 1.54 bits per heavy atom. The first-order valence-electron chi connectivity index (χ1n) is 9.21. The van der Waals surface area contributed by atoms with Gasteiger partial charge in [-0.3, -0.25) is 9.59 Å². The number of ether oxygens (including phenoxy) is 2. The third-order valence-electron chi connectivity index (χ3n) is 5.15. The summed E-state index contributed by atoms with van der Waals surface area (Å²) in [5, 5.41) is 0.776. The van der Waals surface area contributed by atoms with E-state index in [4.69, 9.17) is 32.7 Å². The third-order valence-corrected chi connectivity index (χ3v) is 5.89. The number of carbonyl (C=O) groups is 2. The van der Waals surface area contributed by atoms with E-state index < -0.39 is 0 Å². The zero-order chi connectivity index (χ0) is 19.7. The first-order chi connectivity index (χ1) is 13.5. The predicted molar refractivity (Wildman–Crippen MR) is 107 cm³/mol. The number of carbonyl (C=O) groups excluding carboxylic acids is 2. The molecule has 0 unspecified atom stereocenters. The highest BCUT2D eigenvalue weighted by Gasteiger charge is 2.29. The van der Waals surface area contributed by atoms with Crippen LogP contribution in [0.25, 0.3) is 0 Å². The molecule has 0 saturated carbocycles. The molecule has 1 amide bonds. The fourth-order valence-corrected chi connectivity index (χ4v) is 3.89. The Morgan fingerprint density at radius 3 is 2.25 bits per heavy atom. The quantitative estimate of drug-likeness (QED) is 0.687. The Labute approximate surface area is 173 Å². The van der Waals surface area contributed by atoms with Gasteiger partial charge in [-0.25, -0.2) is 0 Å². The highest BCUT2D eigenvalue weighted by Crippen LogP contribution is 2.33. The van der Waals surface area contributed by atoms with Gasteiger partial charge in [-0.05, 0) is 49.2 Å². The molecule has 5 nitrogen and oxygen atoms in total. The lowest BCUT2D eigenvalue weighted by Gasteiger charge is -2.31. The van der Waals surface area contributed by atoms with Crippen molar-refractivity contribution in [3.63, 3.8) is 0 Å². The lowest BCUT2D eigenvalue weighted by atomic mass is 9.88. The Hall–Kier alpha value is -2.24. The Kier molecular flexibility index (Phi) is 5.47. The van der Waals surface area contributed by atoms with Crippen LogP contribution >= 0.6 is 23.2 Å². The van der Waals surface area contributed by atoms with Gasteiger partial charge in [0.15, 0.2) is 17.3 Å². The fraction of sp³-hybridized carbons (Fsp3) is 0.333.